The molecule has 3 atom stereocenters. The number of H-pyrrole nitrogens is 1. The molecule has 0 radical (unpaired) electrons. The summed E-state index contributed by atoms with van der Waals surface area (Å²) in [6.07, 6.45) is -2.93. The smallest absolute Gasteiger partial charge is 0.351 e. The normalized spacial score (nSPS) is 22.1. The minimum atomic E-state index is -4.52. The van der Waals surface area contributed by atoms with Crippen molar-refractivity contribution in [1.82, 2.24) is 25.0 Å². The summed E-state index contributed by atoms with van der Waals surface area (Å²) in [7, 11) is 0. The Morgan fingerprint density at radius 1 is 0.894 bits per heavy atom. The minimum absolute atomic E-state index is 0.0222. The molecule has 1 aromatic heterocycles. The number of rotatable bonds is 4. The van der Waals surface area contributed by atoms with E-state index in [4.69, 9.17) is 0 Å². The van der Waals surface area contributed by atoms with Gasteiger partial charge in [0.2, 0.25) is 17.7 Å². The molecule has 2 saturated heterocycles. The summed E-state index contributed by atoms with van der Waals surface area (Å²) in [6, 6.07) is 6.40. The number of hydrogen-bond donors (Lipinski definition) is 2. The van der Waals surface area contributed by atoms with Crippen molar-refractivity contribution in [3.05, 3.63) is 70.4 Å². The van der Waals surface area contributed by atoms with Gasteiger partial charge in [0.15, 0.2) is 0 Å². The first kappa shape index (κ1) is 32.5. The molecule has 4 amide bonds. The maximum absolute atomic E-state index is 14.2. The van der Waals surface area contributed by atoms with Crippen LogP contribution in [-0.2, 0) is 39.4 Å². The van der Waals surface area contributed by atoms with Gasteiger partial charge in [-0.3, -0.25) is 19.2 Å². The van der Waals surface area contributed by atoms with E-state index in [0.717, 1.165) is 24.6 Å². The molecule has 2 fully saturated rings. The lowest BCUT2D eigenvalue weighted by Gasteiger charge is -2.40. The summed E-state index contributed by atoms with van der Waals surface area (Å²) < 4.78 is 67.9. The minimum Gasteiger partial charge on any atom is -0.351 e. The number of carbonyl (C=O) groups is 4. The van der Waals surface area contributed by atoms with Crippen molar-refractivity contribution in [2.24, 2.45) is 0 Å². The molecule has 0 spiro atoms. The van der Waals surface area contributed by atoms with Gasteiger partial charge in [-0.15, -0.1) is 0 Å². The van der Waals surface area contributed by atoms with Crippen LogP contribution < -0.4 is 5.32 Å². The fourth-order valence-corrected chi connectivity index (χ4v) is 6.91. The van der Waals surface area contributed by atoms with Crippen LogP contribution in [0.15, 0.2) is 42.5 Å². The molecule has 0 aliphatic carbocycles. The lowest BCUT2D eigenvalue weighted by atomic mass is 9.96. The zero-order chi connectivity index (χ0) is 33.8. The highest BCUT2D eigenvalue weighted by Gasteiger charge is 2.46. The van der Waals surface area contributed by atoms with E-state index in [0.29, 0.717) is 42.1 Å². The number of aromatic nitrogens is 1. The third kappa shape index (κ3) is 6.41. The summed E-state index contributed by atoms with van der Waals surface area (Å²) in [4.78, 5) is 61.3. The third-order valence-corrected chi connectivity index (χ3v) is 9.46. The Balaban J connectivity index is 1.24. The van der Waals surface area contributed by atoms with Gasteiger partial charge in [0.25, 0.3) is 11.8 Å². The molecule has 4 heterocycles. The Morgan fingerprint density at radius 3 is 2.34 bits per heavy atom. The van der Waals surface area contributed by atoms with Gasteiger partial charge in [-0.05, 0) is 67.1 Å². The highest BCUT2D eigenvalue weighted by atomic mass is 19.4. The molecule has 2 aromatic carbocycles. The molecule has 14 heteroatoms. The van der Waals surface area contributed by atoms with Gasteiger partial charge in [-0.25, -0.2) is 8.78 Å². The van der Waals surface area contributed by atoms with E-state index in [-0.39, 0.29) is 49.3 Å². The Kier molecular flexibility index (Phi) is 8.25. The van der Waals surface area contributed by atoms with E-state index in [1.165, 1.54) is 52.0 Å². The van der Waals surface area contributed by atoms with Crippen molar-refractivity contribution in [3.8, 4) is 0 Å². The zero-order valence-corrected chi connectivity index (χ0v) is 25.8. The van der Waals surface area contributed by atoms with E-state index in [1.54, 1.807) is 0 Å². The number of carbonyl (C=O) groups excluding carboxylic acids is 4. The van der Waals surface area contributed by atoms with Crippen LogP contribution in [0, 0.1) is 0 Å². The zero-order valence-electron chi connectivity index (χ0n) is 25.8. The van der Waals surface area contributed by atoms with E-state index in [9.17, 15) is 41.1 Å². The second-order valence-electron chi connectivity index (χ2n) is 12.6. The summed E-state index contributed by atoms with van der Waals surface area (Å²) in [5.41, 5.74) is 0.584. The quantitative estimate of drug-likeness (QED) is 0.400. The molecule has 0 saturated carbocycles. The van der Waals surface area contributed by atoms with Gasteiger partial charge < -0.3 is 25.0 Å². The van der Waals surface area contributed by atoms with Gasteiger partial charge in [0, 0.05) is 62.5 Å². The lowest BCUT2D eigenvalue weighted by Crippen LogP contribution is -2.61. The molecule has 9 nitrogen and oxygen atoms in total. The number of amides is 4. The average molecular weight is 660 g/mol. The predicted molar refractivity (Wildman–Crippen MR) is 160 cm³/mol. The first-order chi connectivity index (χ1) is 22.1. The van der Waals surface area contributed by atoms with Crippen molar-refractivity contribution in [2.75, 3.05) is 19.6 Å². The molecular weight excluding hydrogens is 625 g/mol. The Morgan fingerprint density at radius 2 is 1.64 bits per heavy atom. The molecular formula is C33H34F5N5O4. The molecule has 2 N–H and O–H groups in total. The van der Waals surface area contributed by atoms with Crippen LogP contribution in [0.25, 0.3) is 10.9 Å². The van der Waals surface area contributed by atoms with Crippen LogP contribution in [0.4, 0.5) is 22.0 Å². The Hall–Kier alpha value is -4.49. The second kappa shape index (κ2) is 11.9. The molecule has 3 aliphatic rings. The van der Waals surface area contributed by atoms with Crippen molar-refractivity contribution in [1.29, 1.82) is 0 Å². The van der Waals surface area contributed by atoms with Crippen molar-refractivity contribution in [3.63, 3.8) is 0 Å². The number of hydrogen-bond acceptors (Lipinski definition) is 4. The number of nitrogens with one attached hydrogen (secondary N) is 2. The molecule has 47 heavy (non-hydrogen) atoms. The van der Waals surface area contributed by atoms with Crippen molar-refractivity contribution < 1.29 is 41.1 Å². The standard InChI is InChI=1S/C33H34F5N5O4/c1-18(44)41-12-10-24-6-8-28(31(47)42-11-9-19-3-4-23(33(36,37)38)14-21(19)16-42)43(24)30(46)27(17-41)40-29(45)26-15-20-13-22(32(2,34)35)5-7-25(20)39-26/h3-5,7,13-15,24,27-28,39H,6,8-12,16-17H2,1-2H3,(H,40,45)/t24-,27+,28+/m1/s1. The van der Waals surface area contributed by atoms with Crippen molar-refractivity contribution in [2.45, 2.75) is 76.3 Å². The number of halogens is 5. The van der Waals surface area contributed by atoms with Gasteiger partial charge >= 0.3 is 6.18 Å². The van der Waals surface area contributed by atoms with Crippen molar-refractivity contribution >= 4 is 34.5 Å². The Bertz CT molecular complexity index is 1750. The van der Waals surface area contributed by atoms with E-state index in [1.807, 2.05) is 0 Å². The van der Waals surface area contributed by atoms with Gasteiger partial charge in [0.05, 0.1) is 5.56 Å². The number of alkyl halides is 5. The maximum Gasteiger partial charge on any atom is 0.416 e. The van der Waals surface area contributed by atoms with Gasteiger partial charge in [-0.1, -0.05) is 12.1 Å². The van der Waals surface area contributed by atoms with Crippen LogP contribution in [0.2, 0.25) is 0 Å². The molecule has 0 unspecified atom stereocenters. The van der Waals surface area contributed by atoms with Gasteiger partial charge in [0.1, 0.15) is 17.8 Å². The maximum atomic E-state index is 14.2. The van der Waals surface area contributed by atoms with E-state index < -0.39 is 47.6 Å². The first-order valence-electron chi connectivity index (χ1n) is 15.5. The molecule has 3 aromatic rings. The average Bonchev–Trinajstić information content (AvgIpc) is 3.63. The molecule has 0 bridgehead atoms. The largest absolute Gasteiger partial charge is 0.416 e. The number of aromatic amines is 1. The summed E-state index contributed by atoms with van der Waals surface area (Å²) in [5.74, 6) is -5.00. The summed E-state index contributed by atoms with van der Waals surface area (Å²) >= 11 is 0. The first-order valence-corrected chi connectivity index (χ1v) is 15.5. The third-order valence-electron chi connectivity index (χ3n) is 9.46. The van der Waals surface area contributed by atoms with Crippen LogP contribution in [0.3, 0.4) is 0 Å². The summed E-state index contributed by atoms with van der Waals surface area (Å²) in [6.45, 7) is 2.53. The summed E-state index contributed by atoms with van der Waals surface area (Å²) in [5, 5.41) is 3.07. The predicted octanol–water partition coefficient (Wildman–Crippen LogP) is 4.59. The molecule has 6 rings (SSSR count). The number of fused-ring (bicyclic) bond motifs is 3. The van der Waals surface area contributed by atoms with Crippen LogP contribution in [0.5, 0.6) is 0 Å². The fraction of sp³-hybridized carbons (Fsp3) is 0.455. The second-order valence-corrected chi connectivity index (χ2v) is 12.6. The van der Waals surface area contributed by atoms with Crippen LogP contribution >= 0.6 is 0 Å². The van der Waals surface area contributed by atoms with E-state index in [2.05, 4.69) is 10.3 Å². The lowest BCUT2D eigenvalue weighted by molar-refractivity contribution is -0.149. The monoisotopic (exact) mass is 659 g/mol. The van der Waals surface area contributed by atoms with Gasteiger partial charge in [-0.2, -0.15) is 13.2 Å². The highest BCUT2D eigenvalue weighted by Crippen LogP contribution is 2.35. The topological polar surface area (TPSA) is 106 Å². The van der Waals surface area contributed by atoms with E-state index >= 15 is 0 Å². The number of nitrogens with zero attached hydrogens (tertiary/aromatic N) is 3. The van der Waals surface area contributed by atoms with Crippen LogP contribution in [0.1, 0.15) is 65.9 Å². The molecule has 250 valence electrons. The van der Waals surface area contributed by atoms with Crippen LogP contribution in [-0.4, -0.2) is 81.1 Å². The number of benzene rings is 2. The SMILES string of the molecule is CC(=O)N1CC[C@H]2CC[C@@H](C(=O)N3CCc4ccc(C(F)(F)F)cc4C3)N2C(=O)[C@@H](NC(=O)c2cc3cc(C(C)(F)F)ccc3[nH]2)C1. The highest BCUT2D eigenvalue weighted by molar-refractivity contribution is 6.01. The Labute approximate surface area is 267 Å². The molecule has 3 aliphatic heterocycles. The fourth-order valence-electron chi connectivity index (χ4n) is 6.91.